The van der Waals surface area contributed by atoms with Crippen molar-refractivity contribution in [3.05, 3.63) is 60.4 Å². The first-order valence-electron chi connectivity index (χ1n) is 9.75. The Bertz CT molecular complexity index is 740. The number of anilines is 1. The average molecular weight is 349 g/mol. The Kier molecular flexibility index (Phi) is 4.66. The zero-order valence-corrected chi connectivity index (χ0v) is 15.2. The van der Waals surface area contributed by atoms with Crippen molar-refractivity contribution in [2.24, 2.45) is 5.41 Å². The van der Waals surface area contributed by atoms with E-state index in [-0.39, 0.29) is 16.7 Å². The first-order valence-corrected chi connectivity index (χ1v) is 9.75. The van der Waals surface area contributed by atoms with E-state index in [1.165, 1.54) is 31.2 Å². The van der Waals surface area contributed by atoms with Crippen LogP contribution in [0.2, 0.25) is 0 Å². The van der Waals surface area contributed by atoms with Crippen LogP contribution in [0, 0.1) is 5.41 Å². The minimum Gasteiger partial charge on any atom is -0.384 e. The molecule has 4 nitrogen and oxygen atoms in total. The van der Waals surface area contributed by atoms with Crippen molar-refractivity contribution in [3.63, 3.8) is 0 Å². The van der Waals surface area contributed by atoms with Gasteiger partial charge in [0, 0.05) is 25.5 Å². The van der Waals surface area contributed by atoms with Gasteiger partial charge in [0.05, 0.1) is 11.1 Å². The first kappa shape index (κ1) is 17.1. The standard InChI is InChI=1S/C22H27N3O/c26-20(25-15-7-14-24-19-10-6-13-23-16-19)22(18-8-2-1-3-9-18)17-21(22)11-4-5-12-21/h1-3,6,8-10,13,16,24H,4-5,7,11-12,14-15,17H2,(H,25,26). The second-order valence-electron chi connectivity index (χ2n) is 7.71. The van der Waals surface area contributed by atoms with E-state index in [0.29, 0.717) is 6.54 Å². The smallest absolute Gasteiger partial charge is 0.231 e. The lowest BCUT2D eigenvalue weighted by atomic mass is 9.84. The van der Waals surface area contributed by atoms with Crippen molar-refractivity contribution in [2.75, 3.05) is 18.4 Å². The number of hydrogen-bond acceptors (Lipinski definition) is 3. The summed E-state index contributed by atoms with van der Waals surface area (Å²) in [7, 11) is 0. The van der Waals surface area contributed by atoms with Gasteiger partial charge >= 0.3 is 0 Å². The Morgan fingerprint density at radius 3 is 2.58 bits per heavy atom. The molecule has 0 aliphatic heterocycles. The van der Waals surface area contributed by atoms with Crippen molar-refractivity contribution in [3.8, 4) is 0 Å². The van der Waals surface area contributed by atoms with Crippen molar-refractivity contribution < 1.29 is 4.79 Å². The van der Waals surface area contributed by atoms with Crippen molar-refractivity contribution in [1.29, 1.82) is 0 Å². The summed E-state index contributed by atoms with van der Waals surface area (Å²) in [4.78, 5) is 17.3. The predicted octanol–water partition coefficient (Wildman–Crippen LogP) is 3.90. The van der Waals surface area contributed by atoms with Gasteiger partial charge in [-0.15, -0.1) is 0 Å². The maximum absolute atomic E-state index is 13.2. The molecule has 0 radical (unpaired) electrons. The largest absolute Gasteiger partial charge is 0.384 e. The second-order valence-corrected chi connectivity index (χ2v) is 7.71. The van der Waals surface area contributed by atoms with Crippen molar-refractivity contribution in [1.82, 2.24) is 10.3 Å². The number of carbonyl (C=O) groups excluding carboxylic acids is 1. The lowest BCUT2D eigenvalue weighted by Crippen LogP contribution is -2.39. The van der Waals surface area contributed by atoms with Crippen molar-refractivity contribution in [2.45, 2.75) is 43.9 Å². The number of hydrogen-bond donors (Lipinski definition) is 2. The molecule has 0 bridgehead atoms. The molecule has 4 heteroatoms. The number of amides is 1. The van der Waals surface area contributed by atoms with E-state index in [1.54, 1.807) is 6.20 Å². The lowest BCUT2D eigenvalue weighted by molar-refractivity contribution is -0.124. The molecule has 1 amide bonds. The van der Waals surface area contributed by atoms with E-state index in [0.717, 1.165) is 25.1 Å². The fraction of sp³-hybridized carbons (Fsp3) is 0.455. The monoisotopic (exact) mass is 349 g/mol. The van der Waals surface area contributed by atoms with Crippen LogP contribution in [0.5, 0.6) is 0 Å². The van der Waals surface area contributed by atoms with Gasteiger partial charge in [0.1, 0.15) is 0 Å². The molecule has 1 aromatic carbocycles. The Hall–Kier alpha value is -2.36. The first-order chi connectivity index (χ1) is 12.8. The van der Waals surface area contributed by atoms with Gasteiger partial charge in [-0.25, -0.2) is 0 Å². The highest BCUT2D eigenvalue weighted by Crippen LogP contribution is 2.72. The molecule has 2 aliphatic rings. The zero-order valence-electron chi connectivity index (χ0n) is 15.2. The number of benzene rings is 1. The quantitative estimate of drug-likeness (QED) is 0.746. The highest BCUT2D eigenvalue weighted by molar-refractivity contribution is 5.93. The van der Waals surface area contributed by atoms with Gasteiger partial charge in [-0.3, -0.25) is 9.78 Å². The summed E-state index contributed by atoms with van der Waals surface area (Å²) >= 11 is 0. The molecule has 136 valence electrons. The van der Waals surface area contributed by atoms with Crippen LogP contribution in [0.1, 0.15) is 44.1 Å². The summed E-state index contributed by atoms with van der Waals surface area (Å²) in [5.74, 6) is 0.229. The lowest BCUT2D eigenvalue weighted by Gasteiger charge is -2.22. The molecule has 2 fully saturated rings. The molecule has 1 heterocycles. The topological polar surface area (TPSA) is 54.0 Å². The normalized spacial score (nSPS) is 22.9. The highest BCUT2D eigenvalue weighted by Gasteiger charge is 2.72. The second kappa shape index (κ2) is 7.10. The summed E-state index contributed by atoms with van der Waals surface area (Å²) in [5, 5.41) is 6.57. The van der Waals surface area contributed by atoms with Gasteiger partial charge in [0.25, 0.3) is 0 Å². The minimum absolute atomic E-state index is 0.215. The Labute approximate surface area is 155 Å². The van der Waals surface area contributed by atoms with Gasteiger partial charge in [0.15, 0.2) is 0 Å². The fourth-order valence-electron chi connectivity index (χ4n) is 4.84. The Balaban J connectivity index is 1.35. The number of nitrogens with one attached hydrogen (secondary N) is 2. The fourth-order valence-corrected chi connectivity index (χ4v) is 4.84. The van der Waals surface area contributed by atoms with E-state index >= 15 is 0 Å². The van der Waals surface area contributed by atoms with Crippen LogP contribution < -0.4 is 10.6 Å². The van der Waals surface area contributed by atoms with Gasteiger partial charge < -0.3 is 10.6 Å². The highest BCUT2D eigenvalue weighted by atomic mass is 16.2. The van der Waals surface area contributed by atoms with Crippen LogP contribution in [0.25, 0.3) is 0 Å². The summed E-state index contributed by atoms with van der Waals surface area (Å²) in [5.41, 5.74) is 2.15. The van der Waals surface area contributed by atoms with Crippen LogP contribution in [-0.2, 0) is 10.2 Å². The molecule has 2 aliphatic carbocycles. The van der Waals surface area contributed by atoms with Crippen LogP contribution in [0.3, 0.4) is 0 Å². The Morgan fingerprint density at radius 1 is 1.04 bits per heavy atom. The molecule has 0 saturated heterocycles. The molecule has 2 saturated carbocycles. The molecular formula is C22H27N3O. The minimum atomic E-state index is -0.290. The maximum Gasteiger partial charge on any atom is 0.231 e. The van der Waals surface area contributed by atoms with Crippen LogP contribution in [0.4, 0.5) is 5.69 Å². The molecule has 1 spiro atoms. The molecule has 2 aromatic rings. The third kappa shape index (κ3) is 2.98. The molecule has 1 atom stereocenters. The number of rotatable bonds is 7. The van der Waals surface area contributed by atoms with E-state index < -0.39 is 0 Å². The predicted molar refractivity (Wildman–Crippen MR) is 104 cm³/mol. The van der Waals surface area contributed by atoms with Gasteiger partial charge in [-0.1, -0.05) is 43.2 Å². The third-order valence-electron chi connectivity index (χ3n) is 6.23. The van der Waals surface area contributed by atoms with E-state index in [9.17, 15) is 4.79 Å². The van der Waals surface area contributed by atoms with Gasteiger partial charge in [0.2, 0.25) is 5.91 Å². The molecule has 1 aromatic heterocycles. The maximum atomic E-state index is 13.2. The van der Waals surface area contributed by atoms with Crippen molar-refractivity contribution >= 4 is 11.6 Å². The van der Waals surface area contributed by atoms with E-state index in [4.69, 9.17) is 0 Å². The van der Waals surface area contributed by atoms with Crippen LogP contribution >= 0.6 is 0 Å². The number of carbonyl (C=O) groups is 1. The summed E-state index contributed by atoms with van der Waals surface area (Å²) < 4.78 is 0. The number of pyridine rings is 1. The average Bonchev–Trinajstić information content (AvgIpc) is 3.10. The Morgan fingerprint density at radius 2 is 1.85 bits per heavy atom. The summed E-state index contributed by atoms with van der Waals surface area (Å²) in [6, 6.07) is 14.3. The molecule has 2 N–H and O–H groups in total. The van der Waals surface area contributed by atoms with Gasteiger partial charge in [-0.05, 0) is 48.8 Å². The number of aromatic nitrogens is 1. The molecule has 4 rings (SSSR count). The third-order valence-corrected chi connectivity index (χ3v) is 6.23. The SMILES string of the molecule is O=C(NCCCNc1cccnc1)C1(c2ccccc2)CC12CCCC2. The van der Waals surface area contributed by atoms with Gasteiger partial charge in [-0.2, -0.15) is 0 Å². The van der Waals surface area contributed by atoms with E-state index in [2.05, 4.69) is 39.9 Å². The zero-order chi connectivity index (χ0) is 17.9. The molecule has 26 heavy (non-hydrogen) atoms. The van der Waals surface area contributed by atoms with Crippen LogP contribution in [0.15, 0.2) is 54.9 Å². The molecular weight excluding hydrogens is 322 g/mol. The summed E-state index contributed by atoms with van der Waals surface area (Å²) in [6.07, 6.45) is 10.4. The van der Waals surface area contributed by atoms with Crippen LogP contribution in [-0.4, -0.2) is 24.0 Å². The van der Waals surface area contributed by atoms with E-state index in [1.807, 2.05) is 24.4 Å². The number of nitrogens with zero attached hydrogens (tertiary/aromatic N) is 1. The summed E-state index contributed by atoms with van der Waals surface area (Å²) in [6.45, 7) is 1.53. The molecule has 1 unspecified atom stereocenters.